The number of hydrogen-bond donors (Lipinski definition) is 4. The molecule has 0 spiro atoms. The van der Waals surface area contributed by atoms with Crippen molar-refractivity contribution in [3.8, 4) is 0 Å². The van der Waals surface area contributed by atoms with Gasteiger partial charge >= 0.3 is 0 Å². The van der Waals surface area contributed by atoms with Gasteiger partial charge in [0.15, 0.2) is 0 Å². The molecule has 0 atom stereocenters. The highest BCUT2D eigenvalue weighted by molar-refractivity contribution is 6.10. The molecule has 106 valence electrons. The maximum atomic E-state index is 10.9. The van der Waals surface area contributed by atoms with Crippen molar-refractivity contribution >= 4 is 17.9 Å². The van der Waals surface area contributed by atoms with Crippen LogP contribution in [-0.2, 0) is 17.6 Å². The standard InChI is InChI=1S/C14H19N5O/c15-8-11(13(16)20)9-17-7-5-12-4-3-10-2-1-6-18-14(10)19-12/h3-4,8-9,15,17H,1-2,5-7H2,(H2,16,20)(H,18,19)/b11-9+,15-8?. The Balaban J connectivity index is 1.88. The molecule has 1 aliphatic rings. The van der Waals surface area contributed by atoms with Crippen molar-refractivity contribution in [3.05, 3.63) is 35.2 Å². The van der Waals surface area contributed by atoms with Gasteiger partial charge in [0.2, 0.25) is 0 Å². The van der Waals surface area contributed by atoms with Crippen LogP contribution in [0.2, 0.25) is 0 Å². The van der Waals surface area contributed by atoms with Gasteiger partial charge < -0.3 is 21.8 Å². The van der Waals surface area contributed by atoms with Crippen molar-refractivity contribution in [2.45, 2.75) is 19.3 Å². The molecule has 0 fully saturated rings. The largest absolute Gasteiger partial charge is 0.390 e. The van der Waals surface area contributed by atoms with Crippen LogP contribution in [-0.4, -0.2) is 30.2 Å². The summed E-state index contributed by atoms with van der Waals surface area (Å²) in [6, 6.07) is 4.15. The van der Waals surface area contributed by atoms with Gasteiger partial charge in [-0.05, 0) is 24.5 Å². The van der Waals surface area contributed by atoms with Gasteiger partial charge in [0.1, 0.15) is 5.82 Å². The average molecular weight is 273 g/mol. The minimum Gasteiger partial charge on any atom is -0.390 e. The Morgan fingerprint density at radius 1 is 1.55 bits per heavy atom. The SMILES string of the molecule is N=C/C(=C\NCCc1ccc2c(n1)NCCC2)C(N)=O. The average Bonchev–Trinajstić information content (AvgIpc) is 2.46. The van der Waals surface area contributed by atoms with E-state index in [1.807, 2.05) is 6.07 Å². The molecule has 2 rings (SSSR count). The number of anilines is 1. The van der Waals surface area contributed by atoms with Crippen molar-refractivity contribution in [2.75, 3.05) is 18.4 Å². The molecule has 5 N–H and O–H groups in total. The summed E-state index contributed by atoms with van der Waals surface area (Å²) in [7, 11) is 0. The second kappa shape index (κ2) is 6.70. The molecule has 1 aromatic rings. The zero-order chi connectivity index (χ0) is 14.4. The molecule has 0 bridgehead atoms. The summed E-state index contributed by atoms with van der Waals surface area (Å²) in [6.07, 6.45) is 5.38. The number of primary amides is 1. The number of carbonyl (C=O) groups excluding carboxylic acids is 1. The van der Waals surface area contributed by atoms with E-state index in [4.69, 9.17) is 11.1 Å². The fraction of sp³-hybridized carbons (Fsp3) is 0.357. The molecule has 1 amide bonds. The summed E-state index contributed by atoms with van der Waals surface area (Å²) >= 11 is 0. The fourth-order valence-electron chi connectivity index (χ4n) is 2.07. The van der Waals surface area contributed by atoms with Crippen LogP contribution in [0.4, 0.5) is 5.82 Å². The number of nitrogens with two attached hydrogens (primary N) is 1. The molecular weight excluding hydrogens is 254 g/mol. The maximum absolute atomic E-state index is 10.9. The van der Waals surface area contributed by atoms with Crippen LogP contribution < -0.4 is 16.4 Å². The Kier molecular flexibility index (Phi) is 4.70. The smallest absolute Gasteiger partial charge is 0.251 e. The van der Waals surface area contributed by atoms with Crippen molar-refractivity contribution in [1.29, 1.82) is 5.41 Å². The Bertz CT molecular complexity index is 538. The highest BCUT2D eigenvalue weighted by Gasteiger charge is 2.09. The second-order valence-corrected chi connectivity index (χ2v) is 4.65. The summed E-state index contributed by atoms with van der Waals surface area (Å²) in [5, 5.41) is 13.3. The lowest BCUT2D eigenvalue weighted by molar-refractivity contribution is -0.114. The van der Waals surface area contributed by atoms with Crippen LogP contribution in [0.15, 0.2) is 23.9 Å². The summed E-state index contributed by atoms with van der Waals surface area (Å²) in [5.74, 6) is 0.380. The molecular formula is C14H19N5O. The number of nitrogens with one attached hydrogen (secondary N) is 3. The molecule has 0 saturated carbocycles. The molecule has 1 aliphatic heterocycles. The number of carbonyl (C=O) groups is 1. The van der Waals surface area contributed by atoms with E-state index in [1.165, 1.54) is 11.8 Å². The van der Waals surface area contributed by atoms with Crippen molar-refractivity contribution < 1.29 is 4.79 Å². The number of nitrogens with zero attached hydrogens (tertiary/aromatic N) is 1. The predicted octanol–water partition coefficient (Wildman–Crippen LogP) is 0.591. The Hall–Kier alpha value is -2.37. The molecule has 1 aromatic heterocycles. The molecule has 0 aliphatic carbocycles. The van der Waals surface area contributed by atoms with Gasteiger partial charge in [-0.2, -0.15) is 0 Å². The Morgan fingerprint density at radius 3 is 3.15 bits per heavy atom. The number of hydrogen-bond acceptors (Lipinski definition) is 5. The quantitative estimate of drug-likeness (QED) is 0.346. The second-order valence-electron chi connectivity index (χ2n) is 4.65. The lowest BCUT2D eigenvalue weighted by Crippen LogP contribution is -2.19. The van der Waals surface area contributed by atoms with Gasteiger partial charge in [0.05, 0.1) is 5.57 Å². The van der Waals surface area contributed by atoms with Gasteiger partial charge in [-0.15, -0.1) is 0 Å². The zero-order valence-corrected chi connectivity index (χ0v) is 11.3. The highest BCUT2D eigenvalue weighted by Crippen LogP contribution is 2.19. The van der Waals surface area contributed by atoms with E-state index in [9.17, 15) is 4.79 Å². The van der Waals surface area contributed by atoms with E-state index >= 15 is 0 Å². The van der Waals surface area contributed by atoms with Crippen molar-refractivity contribution in [1.82, 2.24) is 10.3 Å². The van der Waals surface area contributed by atoms with Gasteiger partial charge in [-0.25, -0.2) is 4.98 Å². The third-order valence-corrected chi connectivity index (χ3v) is 3.17. The lowest BCUT2D eigenvalue weighted by Gasteiger charge is -2.17. The van der Waals surface area contributed by atoms with Crippen LogP contribution in [0.3, 0.4) is 0 Å². The number of amides is 1. The number of rotatable bonds is 6. The number of aromatic nitrogens is 1. The molecule has 6 heteroatoms. The van der Waals surface area contributed by atoms with Gasteiger partial charge in [-0.1, -0.05) is 6.07 Å². The van der Waals surface area contributed by atoms with Crippen LogP contribution >= 0.6 is 0 Å². The maximum Gasteiger partial charge on any atom is 0.251 e. The summed E-state index contributed by atoms with van der Waals surface area (Å²) < 4.78 is 0. The first-order chi connectivity index (χ1) is 9.70. The topological polar surface area (TPSA) is 104 Å². The van der Waals surface area contributed by atoms with Crippen LogP contribution in [0.25, 0.3) is 0 Å². The monoisotopic (exact) mass is 273 g/mol. The predicted molar refractivity (Wildman–Crippen MR) is 78.8 cm³/mol. The van der Waals surface area contributed by atoms with Gasteiger partial charge in [0, 0.05) is 37.6 Å². The van der Waals surface area contributed by atoms with Crippen LogP contribution in [0.5, 0.6) is 0 Å². The normalized spacial score (nSPS) is 14.1. The molecule has 0 unspecified atom stereocenters. The summed E-state index contributed by atoms with van der Waals surface area (Å²) in [4.78, 5) is 15.5. The first-order valence-corrected chi connectivity index (χ1v) is 6.67. The first kappa shape index (κ1) is 14.0. The number of fused-ring (bicyclic) bond motifs is 1. The number of pyridine rings is 1. The summed E-state index contributed by atoms with van der Waals surface area (Å²) in [6.45, 7) is 1.61. The van der Waals surface area contributed by atoms with Crippen molar-refractivity contribution in [2.24, 2.45) is 5.73 Å². The van der Waals surface area contributed by atoms with Crippen molar-refractivity contribution in [3.63, 3.8) is 0 Å². The minimum absolute atomic E-state index is 0.157. The zero-order valence-electron chi connectivity index (χ0n) is 11.3. The van der Waals surface area contributed by atoms with Crippen LogP contribution in [0, 0.1) is 5.41 Å². The highest BCUT2D eigenvalue weighted by atomic mass is 16.1. The molecule has 20 heavy (non-hydrogen) atoms. The Morgan fingerprint density at radius 2 is 2.40 bits per heavy atom. The van der Waals surface area contributed by atoms with E-state index in [2.05, 4.69) is 21.7 Å². The summed E-state index contributed by atoms with van der Waals surface area (Å²) in [5.41, 5.74) is 7.52. The first-order valence-electron chi connectivity index (χ1n) is 6.67. The molecule has 2 heterocycles. The van der Waals surface area contributed by atoms with E-state index in [-0.39, 0.29) is 5.57 Å². The fourth-order valence-corrected chi connectivity index (χ4v) is 2.07. The third kappa shape index (κ3) is 3.57. The van der Waals surface area contributed by atoms with E-state index in [0.717, 1.165) is 43.5 Å². The molecule has 0 aromatic carbocycles. The molecule has 0 saturated heterocycles. The third-order valence-electron chi connectivity index (χ3n) is 3.17. The van der Waals surface area contributed by atoms with E-state index in [0.29, 0.717) is 6.54 Å². The lowest BCUT2D eigenvalue weighted by atomic mass is 10.1. The van der Waals surface area contributed by atoms with E-state index < -0.39 is 5.91 Å². The molecule has 6 nitrogen and oxygen atoms in total. The van der Waals surface area contributed by atoms with E-state index in [1.54, 1.807) is 0 Å². The minimum atomic E-state index is -0.608. The Labute approximate surface area is 118 Å². The van der Waals surface area contributed by atoms with Gasteiger partial charge in [-0.3, -0.25) is 4.79 Å². The van der Waals surface area contributed by atoms with Crippen LogP contribution in [0.1, 0.15) is 17.7 Å². The number of aryl methyl sites for hydroxylation is 1. The molecule has 0 radical (unpaired) electrons. The van der Waals surface area contributed by atoms with Gasteiger partial charge in [0.25, 0.3) is 5.91 Å².